The zero-order chi connectivity index (χ0) is 12.5. The van der Waals surface area contributed by atoms with Crippen LogP contribution in [0.2, 0.25) is 5.02 Å². The van der Waals surface area contributed by atoms with Gasteiger partial charge in [-0.15, -0.1) is 0 Å². The average molecular weight is 278 g/mol. The molecule has 0 atom stereocenters. The van der Waals surface area contributed by atoms with Gasteiger partial charge in [0, 0.05) is 36.0 Å². The van der Waals surface area contributed by atoms with E-state index in [0.717, 1.165) is 24.5 Å². The van der Waals surface area contributed by atoms with Crippen LogP contribution < -0.4 is 5.32 Å². The van der Waals surface area contributed by atoms with Gasteiger partial charge in [0.2, 0.25) is 0 Å². The molecule has 0 unspecified atom stereocenters. The lowest BCUT2D eigenvalue weighted by molar-refractivity contribution is 0.296. The number of halogens is 2. The Kier molecular flexibility index (Phi) is 7.60. The zero-order valence-electron chi connectivity index (χ0n) is 9.59. The van der Waals surface area contributed by atoms with Gasteiger partial charge in [0.1, 0.15) is 5.82 Å². The first-order valence-corrected chi connectivity index (χ1v) is 7.10. The Morgan fingerprint density at radius 2 is 2.18 bits per heavy atom. The SMILES string of the molecule is OCCCSCCNCc1cc(Cl)ccc1F. The van der Waals surface area contributed by atoms with Gasteiger partial charge in [-0.05, 0) is 30.4 Å². The van der Waals surface area contributed by atoms with E-state index in [2.05, 4.69) is 5.32 Å². The monoisotopic (exact) mass is 277 g/mol. The summed E-state index contributed by atoms with van der Waals surface area (Å²) >= 11 is 7.57. The smallest absolute Gasteiger partial charge is 0.127 e. The van der Waals surface area contributed by atoms with E-state index in [0.29, 0.717) is 17.1 Å². The number of rotatable bonds is 8. The van der Waals surface area contributed by atoms with Crippen LogP contribution in [0.5, 0.6) is 0 Å². The molecule has 1 rings (SSSR count). The Labute approximate surface area is 111 Å². The lowest BCUT2D eigenvalue weighted by Crippen LogP contribution is -2.17. The van der Waals surface area contributed by atoms with Crippen LogP contribution in [-0.2, 0) is 6.54 Å². The second-order valence-corrected chi connectivity index (χ2v) is 5.26. The summed E-state index contributed by atoms with van der Waals surface area (Å²) in [6, 6.07) is 4.57. The van der Waals surface area contributed by atoms with Gasteiger partial charge in [0.25, 0.3) is 0 Å². The van der Waals surface area contributed by atoms with Crippen molar-refractivity contribution in [1.29, 1.82) is 0 Å². The number of aliphatic hydroxyl groups excluding tert-OH is 1. The van der Waals surface area contributed by atoms with Gasteiger partial charge < -0.3 is 10.4 Å². The summed E-state index contributed by atoms with van der Waals surface area (Å²) in [5, 5.41) is 12.3. The molecule has 0 radical (unpaired) electrons. The molecule has 0 saturated heterocycles. The number of aliphatic hydroxyl groups is 1. The summed E-state index contributed by atoms with van der Waals surface area (Å²) in [5.74, 6) is 1.70. The number of thioether (sulfide) groups is 1. The van der Waals surface area contributed by atoms with Gasteiger partial charge >= 0.3 is 0 Å². The Bertz CT molecular complexity index is 338. The molecule has 0 aromatic heterocycles. The van der Waals surface area contributed by atoms with Crippen molar-refractivity contribution in [2.24, 2.45) is 0 Å². The molecular formula is C12H17ClFNOS. The van der Waals surface area contributed by atoms with Gasteiger partial charge in [-0.1, -0.05) is 11.6 Å². The van der Waals surface area contributed by atoms with Crippen LogP contribution in [-0.4, -0.2) is 29.8 Å². The van der Waals surface area contributed by atoms with Gasteiger partial charge in [-0.2, -0.15) is 11.8 Å². The predicted molar refractivity (Wildman–Crippen MR) is 72.1 cm³/mol. The third-order valence-electron chi connectivity index (χ3n) is 2.19. The predicted octanol–water partition coefficient (Wildman–Crippen LogP) is 2.68. The molecule has 1 aromatic carbocycles. The molecule has 5 heteroatoms. The minimum absolute atomic E-state index is 0.227. The second kappa shape index (κ2) is 8.75. The highest BCUT2D eigenvalue weighted by molar-refractivity contribution is 7.99. The van der Waals surface area contributed by atoms with Crippen LogP contribution in [0, 0.1) is 5.82 Å². The van der Waals surface area contributed by atoms with Crippen molar-refractivity contribution in [3.8, 4) is 0 Å². The van der Waals surface area contributed by atoms with Crippen molar-refractivity contribution >= 4 is 23.4 Å². The fourth-order valence-electron chi connectivity index (χ4n) is 1.31. The maximum atomic E-state index is 13.3. The maximum Gasteiger partial charge on any atom is 0.127 e. The highest BCUT2D eigenvalue weighted by atomic mass is 35.5. The normalized spacial score (nSPS) is 10.8. The van der Waals surface area contributed by atoms with E-state index >= 15 is 0 Å². The Balaban J connectivity index is 2.15. The zero-order valence-corrected chi connectivity index (χ0v) is 11.2. The van der Waals surface area contributed by atoms with Gasteiger partial charge in [0.15, 0.2) is 0 Å². The van der Waals surface area contributed by atoms with Crippen molar-refractivity contribution in [3.05, 3.63) is 34.6 Å². The Morgan fingerprint density at radius 1 is 1.35 bits per heavy atom. The van der Waals surface area contributed by atoms with Crippen molar-refractivity contribution < 1.29 is 9.50 Å². The lowest BCUT2D eigenvalue weighted by atomic mass is 10.2. The molecule has 2 nitrogen and oxygen atoms in total. The molecule has 0 amide bonds. The number of nitrogens with one attached hydrogen (secondary N) is 1. The van der Waals surface area contributed by atoms with E-state index in [1.165, 1.54) is 6.07 Å². The maximum absolute atomic E-state index is 13.3. The van der Waals surface area contributed by atoms with Gasteiger partial charge in [0.05, 0.1) is 0 Å². The van der Waals surface area contributed by atoms with E-state index in [1.807, 2.05) is 0 Å². The van der Waals surface area contributed by atoms with Crippen molar-refractivity contribution in [2.45, 2.75) is 13.0 Å². The molecule has 0 spiro atoms. The summed E-state index contributed by atoms with van der Waals surface area (Å²) in [7, 11) is 0. The summed E-state index contributed by atoms with van der Waals surface area (Å²) in [6.45, 7) is 1.56. The molecule has 0 aliphatic heterocycles. The molecule has 0 heterocycles. The minimum atomic E-state index is -0.227. The molecule has 0 aliphatic carbocycles. The lowest BCUT2D eigenvalue weighted by Gasteiger charge is -2.06. The van der Waals surface area contributed by atoms with Crippen LogP contribution in [0.15, 0.2) is 18.2 Å². The van der Waals surface area contributed by atoms with Gasteiger partial charge in [-0.25, -0.2) is 4.39 Å². The quantitative estimate of drug-likeness (QED) is 0.717. The summed E-state index contributed by atoms with van der Waals surface area (Å²) in [4.78, 5) is 0. The highest BCUT2D eigenvalue weighted by Crippen LogP contribution is 2.14. The molecule has 2 N–H and O–H groups in total. The molecular weight excluding hydrogens is 261 g/mol. The third-order valence-corrected chi connectivity index (χ3v) is 3.50. The molecule has 0 saturated carbocycles. The summed E-state index contributed by atoms with van der Waals surface area (Å²) < 4.78 is 13.3. The van der Waals surface area contributed by atoms with E-state index in [-0.39, 0.29) is 12.4 Å². The highest BCUT2D eigenvalue weighted by Gasteiger charge is 2.01. The Morgan fingerprint density at radius 3 is 2.94 bits per heavy atom. The van der Waals surface area contributed by atoms with Crippen molar-refractivity contribution in [1.82, 2.24) is 5.32 Å². The number of benzene rings is 1. The topological polar surface area (TPSA) is 32.3 Å². The van der Waals surface area contributed by atoms with Crippen molar-refractivity contribution in [3.63, 3.8) is 0 Å². The van der Waals surface area contributed by atoms with E-state index in [4.69, 9.17) is 16.7 Å². The van der Waals surface area contributed by atoms with E-state index in [1.54, 1.807) is 23.9 Å². The van der Waals surface area contributed by atoms with Gasteiger partial charge in [-0.3, -0.25) is 0 Å². The molecule has 96 valence electrons. The first-order valence-electron chi connectivity index (χ1n) is 5.57. The molecule has 0 fully saturated rings. The first-order chi connectivity index (χ1) is 8.24. The molecule has 0 bridgehead atoms. The average Bonchev–Trinajstić information content (AvgIpc) is 2.32. The van der Waals surface area contributed by atoms with E-state index in [9.17, 15) is 4.39 Å². The summed E-state index contributed by atoms with van der Waals surface area (Å²) in [5.41, 5.74) is 0.595. The fourth-order valence-corrected chi connectivity index (χ4v) is 2.34. The third kappa shape index (κ3) is 6.27. The molecule has 1 aromatic rings. The first kappa shape index (κ1) is 14.8. The number of hydrogen-bond donors (Lipinski definition) is 2. The van der Waals surface area contributed by atoms with E-state index < -0.39 is 0 Å². The second-order valence-electron chi connectivity index (χ2n) is 3.60. The van der Waals surface area contributed by atoms with Crippen LogP contribution in [0.4, 0.5) is 4.39 Å². The fraction of sp³-hybridized carbons (Fsp3) is 0.500. The Hall–Kier alpha value is -0.290. The van der Waals surface area contributed by atoms with Crippen LogP contribution in [0.1, 0.15) is 12.0 Å². The van der Waals surface area contributed by atoms with Crippen LogP contribution >= 0.6 is 23.4 Å². The van der Waals surface area contributed by atoms with Crippen molar-refractivity contribution in [2.75, 3.05) is 24.7 Å². The summed E-state index contributed by atoms with van der Waals surface area (Å²) in [6.07, 6.45) is 0.827. The molecule has 17 heavy (non-hydrogen) atoms. The standard InChI is InChI=1S/C12H17ClFNOS/c13-11-2-3-12(14)10(8-11)9-15-4-7-17-6-1-5-16/h2-3,8,15-16H,1,4-7,9H2. The minimum Gasteiger partial charge on any atom is -0.396 e. The number of hydrogen-bond acceptors (Lipinski definition) is 3. The van der Waals surface area contributed by atoms with Crippen LogP contribution in [0.3, 0.4) is 0 Å². The molecule has 0 aliphatic rings. The largest absolute Gasteiger partial charge is 0.396 e. The van der Waals surface area contributed by atoms with Crippen LogP contribution in [0.25, 0.3) is 0 Å².